The monoisotopic (exact) mass is 346 g/mol. The van der Waals surface area contributed by atoms with Crippen LogP contribution in [0.25, 0.3) is 22.0 Å². The number of carbonyl (C=O) groups excluding carboxylic acids is 1. The molecule has 5 nitrogen and oxygen atoms in total. The molecule has 0 bridgehead atoms. The minimum absolute atomic E-state index is 0.271. The molecule has 122 valence electrons. The number of benzene rings is 2. The van der Waals surface area contributed by atoms with Crippen molar-refractivity contribution < 1.29 is 4.79 Å². The summed E-state index contributed by atoms with van der Waals surface area (Å²) < 4.78 is 0. The molecule has 0 aliphatic heterocycles. The van der Waals surface area contributed by atoms with Crippen LogP contribution >= 0.6 is 11.3 Å². The normalized spacial score (nSPS) is 10.8. The fraction of sp³-hybridized carbons (Fsp3) is 0.0526. The second kappa shape index (κ2) is 6.41. The Kier molecular flexibility index (Phi) is 3.95. The third-order valence-corrected chi connectivity index (χ3v) is 4.54. The molecule has 25 heavy (non-hydrogen) atoms. The van der Waals surface area contributed by atoms with E-state index in [4.69, 9.17) is 0 Å². The van der Waals surface area contributed by atoms with Crippen LogP contribution < -0.4 is 5.32 Å². The van der Waals surface area contributed by atoms with Crippen LogP contribution in [-0.2, 0) is 0 Å². The molecule has 2 heterocycles. The number of hydrogen-bond acceptors (Lipinski definition) is 5. The number of thiazole rings is 1. The van der Waals surface area contributed by atoms with Gasteiger partial charge in [-0.3, -0.25) is 15.1 Å². The summed E-state index contributed by atoms with van der Waals surface area (Å²) in [5.74, 6) is -0.313. The summed E-state index contributed by atoms with van der Waals surface area (Å²) >= 11 is 1.38. The summed E-state index contributed by atoms with van der Waals surface area (Å²) in [4.78, 5) is 24.9. The van der Waals surface area contributed by atoms with Gasteiger partial charge in [0.1, 0.15) is 5.69 Å². The van der Waals surface area contributed by atoms with Crippen molar-refractivity contribution in [3.63, 3.8) is 0 Å². The van der Waals surface area contributed by atoms with E-state index in [1.165, 1.54) is 22.9 Å². The standard InChI is InChI=1S/C19H14N4OS/c1-12-9-21-16(10-20-12)18(24)23-19-22-17(11-25-19)15-7-6-13-4-2-3-5-14(13)8-15/h2-11H,1H3,(H,22,23,24). The summed E-state index contributed by atoms with van der Waals surface area (Å²) in [5.41, 5.74) is 2.89. The Bertz CT molecular complexity index is 1060. The number of amides is 1. The van der Waals surface area contributed by atoms with Gasteiger partial charge < -0.3 is 0 Å². The quantitative estimate of drug-likeness (QED) is 0.600. The molecule has 0 saturated heterocycles. The predicted octanol–water partition coefficient (Wildman–Crippen LogP) is 4.31. The number of fused-ring (bicyclic) bond motifs is 1. The van der Waals surface area contributed by atoms with Crippen molar-refractivity contribution in [2.75, 3.05) is 5.32 Å². The van der Waals surface area contributed by atoms with Crippen LogP contribution in [0.15, 0.2) is 60.2 Å². The number of aryl methyl sites for hydroxylation is 1. The summed E-state index contributed by atoms with van der Waals surface area (Å²) in [5, 5.41) is 7.59. The first-order valence-electron chi connectivity index (χ1n) is 7.74. The zero-order valence-electron chi connectivity index (χ0n) is 13.4. The van der Waals surface area contributed by atoms with Gasteiger partial charge in [-0.05, 0) is 23.8 Å². The van der Waals surface area contributed by atoms with Crippen LogP contribution in [0, 0.1) is 6.92 Å². The Morgan fingerprint density at radius 3 is 2.68 bits per heavy atom. The largest absolute Gasteiger partial charge is 0.296 e. The minimum Gasteiger partial charge on any atom is -0.296 e. The molecule has 2 aromatic heterocycles. The second-order valence-corrected chi connectivity index (χ2v) is 6.46. The van der Waals surface area contributed by atoms with E-state index in [9.17, 15) is 4.79 Å². The van der Waals surface area contributed by atoms with Crippen LogP contribution in [0.1, 0.15) is 16.2 Å². The molecule has 0 atom stereocenters. The highest BCUT2D eigenvalue weighted by Gasteiger charge is 2.11. The Hall–Kier alpha value is -3.12. The molecule has 4 aromatic rings. The van der Waals surface area contributed by atoms with Gasteiger partial charge in [0, 0.05) is 17.1 Å². The van der Waals surface area contributed by atoms with Crippen LogP contribution in [-0.4, -0.2) is 20.9 Å². The van der Waals surface area contributed by atoms with Gasteiger partial charge in [0.25, 0.3) is 5.91 Å². The van der Waals surface area contributed by atoms with Crippen molar-refractivity contribution in [2.45, 2.75) is 6.92 Å². The maximum Gasteiger partial charge on any atom is 0.277 e. The lowest BCUT2D eigenvalue weighted by Crippen LogP contribution is -2.13. The number of nitrogens with zero attached hydrogens (tertiary/aromatic N) is 3. The molecule has 1 amide bonds. The summed E-state index contributed by atoms with van der Waals surface area (Å²) in [7, 11) is 0. The van der Waals surface area contributed by atoms with E-state index in [0.29, 0.717) is 5.13 Å². The highest BCUT2D eigenvalue weighted by molar-refractivity contribution is 7.14. The smallest absolute Gasteiger partial charge is 0.277 e. The molecule has 0 aliphatic carbocycles. The van der Waals surface area contributed by atoms with E-state index in [1.54, 1.807) is 6.20 Å². The third-order valence-electron chi connectivity index (χ3n) is 3.78. The maximum atomic E-state index is 12.2. The average Bonchev–Trinajstić information content (AvgIpc) is 3.10. The van der Waals surface area contributed by atoms with E-state index < -0.39 is 0 Å². The van der Waals surface area contributed by atoms with Crippen molar-refractivity contribution in [1.29, 1.82) is 0 Å². The van der Waals surface area contributed by atoms with Gasteiger partial charge in [0.05, 0.1) is 17.6 Å². The van der Waals surface area contributed by atoms with Gasteiger partial charge in [-0.1, -0.05) is 36.4 Å². The Morgan fingerprint density at radius 1 is 1.04 bits per heavy atom. The first-order chi connectivity index (χ1) is 12.2. The molecule has 4 rings (SSSR count). The molecular formula is C19H14N4OS. The summed E-state index contributed by atoms with van der Waals surface area (Å²) in [6, 6.07) is 14.4. The predicted molar refractivity (Wildman–Crippen MR) is 99.8 cm³/mol. The molecule has 0 unspecified atom stereocenters. The van der Waals surface area contributed by atoms with Crippen LogP contribution in [0.2, 0.25) is 0 Å². The molecule has 0 fully saturated rings. The Morgan fingerprint density at radius 2 is 1.88 bits per heavy atom. The van der Waals surface area contributed by atoms with Gasteiger partial charge >= 0.3 is 0 Å². The van der Waals surface area contributed by atoms with Gasteiger partial charge in [-0.2, -0.15) is 0 Å². The molecule has 0 aliphatic rings. The molecule has 0 spiro atoms. The second-order valence-electron chi connectivity index (χ2n) is 5.60. The topological polar surface area (TPSA) is 67.8 Å². The molecular weight excluding hydrogens is 332 g/mol. The van der Waals surface area contributed by atoms with E-state index in [-0.39, 0.29) is 11.6 Å². The number of anilines is 1. The van der Waals surface area contributed by atoms with E-state index in [2.05, 4.69) is 44.5 Å². The molecule has 0 radical (unpaired) electrons. The number of rotatable bonds is 3. The van der Waals surface area contributed by atoms with E-state index >= 15 is 0 Å². The maximum absolute atomic E-state index is 12.2. The number of aromatic nitrogens is 3. The van der Waals surface area contributed by atoms with Crippen LogP contribution in [0.3, 0.4) is 0 Å². The molecule has 1 N–H and O–H groups in total. The highest BCUT2D eigenvalue weighted by Crippen LogP contribution is 2.27. The summed E-state index contributed by atoms with van der Waals surface area (Å²) in [6.07, 6.45) is 3.03. The van der Waals surface area contributed by atoms with Gasteiger partial charge in [-0.25, -0.2) is 9.97 Å². The molecule has 0 saturated carbocycles. The van der Waals surface area contributed by atoms with Gasteiger partial charge in [0.2, 0.25) is 0 Å². The average molecular weight is 346 g/mol. The Labute approximate surface area is 148 Å². The van der Waals surface area contributed by atoms with E-state index in [1.807, 2.05) is 30.5 Å². The van der Waals surface area contributed by atoms with Gasteiger partial charge in [0.15, 0.2) is 5.13 Å². The molecule has 6 heteroatoms. The van der Waals surface area contributed by atoms with Crippen molar-refractivity contribution in [1.82, 2.24) is 15.0 Å². The zero-order valence-corrected chi connectivity index (χ0v) is 14.2. The Balaban J connectivity index is 1.56. The van der Waals surface area contributed by atoms with Gasteiger partial charge in [-0.15, -0.1) is 11.3 Å². The third kappa shape index (κ3) is 3.25. The fourth-order valence-electron chi connectivity index (χ4n) is 2.48. The fourth-order valence-corrected chi connectivity index (χ4v) is 3.20. The van der Waals surface area contributed by atoms with E-state index in [0.717, 1.165) is 22.3 Å². The lowest BCUT2D eigenvalue weighted by Gasteiger charge is -2.02. The number of nitrogens with one attached hydrogen (secondary N) is 1. The van der Waals surface area contributed by atoms with Crippen molar-refractivity contribution >= 4 is 33.1 Å². The zero-order chi connectivity index (χ0) is 17.2. The first kappa shape index (κ1) is 15.4. The van der Waals surface area contributed by atoms with Crippen molar-refractivity contribution in [2.24, 2.45) is 0 Å². The van der Waals surface area contributed by atoms with Crippen molar-refractivity contribution in [3.8, 4) is 11.3 Å². The first-order valence-corrected chi connectivity index (χ1v) is 8.62. The SMILES string of the molecule is Cc1cnc(C(=O)Nc2nc(-c3ccc4ccccc4c3)cs2)cn1. The highest BCUT2D eigenvalue weighted by atomic mass is 32.1. The lowest BCUT2D eigenvalue weighted by atomic mass is 10.1. The minimum atomic E-state index is -0.313. The number of carbonyl (C=O) groups is 1. The van der Waals surface area contributed by atoms with Crippen LogP contribution in [0.5, 0.6) is 0 Å². The lowest BCUT2D eigenvalue weighted by molar-refractivity contribution is 0.102. The summed E-state index contributed by atoms with van der Waals surface area (Å²) in [6.45, 7) is 1.82. The molecule has 2 aromatic carbocycles. The van der Waals surface area contributed by atoms with Crippen LogP contribution in [0.4, 0.5) is 5.13 Å². The number of hydrogen-bond donors (Lipinski definition) is 1. The van der Waals surface area contributed by atoms with Crippen molar-refractivity contribution in [3.05, 3.63) is 71.6 Å².